The second-order valence-electron chi connectivity index (χ2n) is 5.84. The highest BCUT2D eigenvalue weighted by Crippen LogP contribution is 2.26. The Labute approximate surface area is 171 Å². The maximum Gasteiger partial charge on any atom is 0.269 e. The molecule has 0 amide bonds. The normalized spacial score (nSPS) is 11.5. The van der Waals surface area contributed by atoms with Crippen molar-refractivity contribution in [3.63, 3.8) is 0 Å². The largest absolute Gasteiger partial charge is 0.491 e. The maximum absolute atomic E-state index is 13.8. The van der Waals surface area contributed by atoms with E-state index in [9.17, 15) is 18.8 Å². The van der Waals surface area contributed by atoms with Gasteiger partial charge in [0.1, 0.15) is 11.6 Å². The highest BCUT2D eigenvalue weighted by Gasteiger charge is 2.15. The summed E-state index contributed by atoms with van der Waals surface area (Å²) in [5.74, 6) is -1.90. The van der Waals surface area contributed by atoms with Crippen LogP contribution >= 0.6 is 11.8 Å². The zero-order valence-corrected chi connectivity index (χ0v) is 16.8. The number of hydrogen-bond acceptors (Lipinski definition) is 5. The highest BCUT2D eigenvalue weighted by molar-refractivity contribution is 7.98. The number of halogens is 2. The van der Waals surface area contributed by atoms with E-state index in [0.717, 1.165) is 29.5 Å². The molecule has 2 aromatic rings. The topological polar surface area (TPSA) is 78.8 Å². The Morgan fingerprint density at radius 3 is 2.66 bits per heavy atom. The van der Waals surface area contributed by atoms with Crippen LogP contribution in [-0.2, 0) is 12.2 Å². The van der Waals surface area contributed by atoms with E-state index < -0.39 is 22.9 Å². The number of allylic oxidation sites excluding steroid dienone is 5. The van der Waals surface area contributed by atoms with Crippen LogP contribution in [0, 0.1) is 23.0 Å². The molecule has 150 valence electrons. The monoisotopic (exact) mass is 415 g/mol. The zero-order chi connectivity index (χ0) is 21.4. The Morgan fingerprint density at radius 1 is 1.41 bits per heavy atom. The van der Waals surface area contributed by atoms with Crippen molar-refractivity contribution in [3.8, 4) is 11.8 Å². The molecule has 0 saturated carbocycles. The fourth-order valence-electron chi connectivity index (χ4n) is 2.58. The number of nitrogens with one attached hydrogen (secondary N) is 1. The Bertz CT molecular complexity index is 1050. The molecule has 5 nitrogen and oxygen atoms in total. The summed E-state index contributed by atoms with van der Waals surface area (Å²) in [5, 5.41) is 9.56. The number of H-pyrrole nitrogens is 1. The predicted octanol–water partition coefficient (Wildman–Crippen LogP) is 4.45. The molecule has 2 rings (SSSR count). The average molecular weight is 415 g/mol. The Kier molecular flexibility index (Phi) is 7.92. The van der Waals surface area contributed by atoms with Crippen LogP contribution in [0.4, 0.5) is 8.78 Å². The lowest BCUT2D eigenvalue weighted by molar-refractivity contribution is 0.359. The molecule has 0 radical (unpaired) electrons. The van der Waals surface area contributed by atoms with Gasteiger partial charge in [-0.15, -0.1) is 0 Å². The van der Waals surface area contributed by atoms with Crippen molar-refractivity contribution in [3.05, 3.63) is 87.4 Å². The van der Waals surface area contributed by atoms with Gasteiger partial charge in [0.05, 0.1) is 12.8 Å². The van der Waals surface area contributed by atoms with Crippen molar-refractivity contribution < 1.29 is 13.5 Å². The van der Waals surface area contributed by atoms with E-state index in [-0.39, 0.29) is 22.9 Å². The first-order chi connectivity index (χ1) is 13.9. The van der Waals surface area contributed by atoms with Gasteiger partial charge < -0.3 is 9.72 Å². The fourth-order valence-corrected chi connectivity index (χ4v) is 3.39. The molecular formula is C21H19F2N3O2S. The summed E-state index contributed by atoms with van der Waals surface area (Å²) in [7, 11) is 1.19. The lowest BCUT2D eigenvalue weighted by Gasteiger charge is -2.08. The molecule has 0 aliphatic heterocycles. The molecule has 1 heterocycles. The van der Waals surface area contributed by atoms with Gasteiger partial charge in [0.15, 0.2) is 22.5 Å². The van der Waals surface area contributed by atoms with Gasteiger partial charge >= 0.3 is 0 Å². The Morgan fingerprint density at radius 2 is 2.10 bits per heavy atom. The van der Waals surface area contributed by atoms with Gasteiger partial charge in [-0.3, -0.25) is 4.79 Å². The van der Waals surface area contributed by atoms with Gasteiger partial charge in [-0.2, -0.15) is 5.26 Å². The minimum absolute atomic E-state index is 0.0737. The minimum atomic E-state index is -0.810. The summed E-state index contributed by atoms with van der Waals surface area (Å²) in [6.45, 7) is 5.50. The summed E-state index contributed by atoms with van der Waals surface area (Å²) < 4.78 is 32.4. The lowest BCUT2D eigenvalue weighted by atomic mass is 10.1. The van der Waals surface area contributed by atoms with Gasteiger partial charge in [0.25, 0.3) is 5.56 Å². The second-order valence-corrected chi connectivity index (χ2v) is 6.80. The third-order valence-corrected chi connectivity index (χ3v) is 4.75. The molecule has 0 atom stereocenters. The first-order valence-corrected chi connectivity index (χ1v) is 9.54. The smallest absolute Gasteiger partial charge is 0.269 e. The lowest BCUT2D eigenvalue weighted by Crippen LogP contribution is -2.17. The summed E-state index contributed by atoms with van der Waals surface area (Å²) >= 11 is 1.10. The maximum atomic E-state index is 13.8. The summed E-state index contributed by atoms with van der Waals surface area (Å²) in [5.41, 5.74) is 0.866. The van der Waals surface area contributed by atoms with Crippen LogP contribution in [0.2, 0.25) is 0 Å². The van der Waals surface area contributed by atoms with Crippen molar-refractivity contribution in [1.82, 2.24) is 9.97 Å². The van der Waals surface area contributed by atoms with Crippen molar-refractivity contribution in [2.75, 3.05) is 7.11 Å². The second kappa shape index (κ2) is 10.4. The number of hydrogen-bond donors (Lipinski definition) is 1. The summed E-state index contributed by atoms with van der Waals surface area (Å²) in [6.07, 6.45) is 7.30. The fraction of sp³-hybridized carbons (Fsp3) is 0.190. The van der Waals surface area contributed by atoms with E-state index >= 15 is 0 Å². The van der Waals surface area contributed by atoms with Crippen LogP contribution in [0.1, 0.15) is 23.7 Å². The van der Waals surface area contributed by atoms with E-state index in [1.807, 2.05) is 25.1 Å². The molecule has 8 heteroatoms. The first kappa shape index (κ1) is 22.1. The van der Waals surface area contributed by atoms with Crippen molar-refractivity contribution >= 4 is 11.8 Å². The van der Waals surface area contributed by atoms with Gasteiger partial charge in [-0.25, -0.2) is 13.8 Å². The summed E-state index contributed by atoms with van der Waals surface area (Å²) in [4.78, 5) is 19.2. The van der Waals surface area contributed by atoms with Crippen LogP contribution in [-0.4, -0.2) is 17.1 Å². The number of rotatable bonds is 8. The molecule has 0 fully saturated rings. The van der Waals surface area contributed by atoms with Gasteiger partial charge in [-0.1, -0.05) is 42.6 Å². The molecule has 1 N–H and O–H groups in total. The van der Waals surface area contributed by atoms with Gasteiger partial charge in [0.2, 0.25) is 0 Å². The quantitative estimate of drug-likeness (QED) is 0.391. The zero-order valence-electron chi connectivity index (χ0n) is 16.0. The van der Waals surface area contributed by atoms with Crippen LogP contribution in [0.15, 0.2) is 58.5 Å². The summed E-state index contributed by atoms with van der Waals surface area (Å²) in [6, 6.07) is 4.20. The number of ether oxygens (including phenoxy) is 1. The average Bonchev–Trinajstić information content (AvgIpc) is 2.66. The standard InChI is InChI=1S/C21H19F2N3O2S/c1-4-6-13(7-5-2)10-18-15(11-24)20(27)26-21(25-18)29-12-14-8-16(22)19(28-3)17(23)9-14/h4-9H,1,10,12H2,2-3H3,(H,25,26,27)/b7-5-,13-6+. The molecule has 0 aliphatic carbocycles. The number of aromatic amines is 1. The van der Waals surface area contributed by atoms with Crippen LogP contribution in [0.25, 0.3) is 0 Å². The van der Waals surface area contributed by atoms with Crippen molar-refractivity contribution in [2.45, 2.75) is 24.3 Å². The predicted molar refractivity (Wildman–Crippen MR) is 109 cm³/mol. The van der Waals surface area contributed by atoms with E-state index in [1.165, 1.54) is 7.11 Å². The third-order valence-electron chi connectivity index (χ3n) is 3.81. The number of nitrogens with zero attached hydrogens (tertiary/aromatic N) is 2. The molecule has 0 unspecified atom stereocenters. The van der Waals surface area contributed by atoms with Crippen LogP contribution in [0.3, 0.4) is 0 Å². The third kappa shape index (κ3) is 5.65. The van der Waals surface area contributed by atoms with Gasteiger partial charge in [-0.05, 0) is 30.2 Å². The Balaban J connectivity index is 2.32. The van der Waals surface area contributed by atoms with Crippen molar-refractivity contribution in [2.24, 2.45) is 0 Å². The number of nitriles is 1. The van der Waals surface area contributed by atoms with Crippen LogP contribution in [0.5, 0.6) is 5.75 Å². The van der Waals surface area contributed by atoms with E-state index in [2.05, 4.69) is 21.3 Å². The highest BCUT2D eigenvalue weighted by atomic mass is 32.2. The molecule has 0 bridgehead atoms. The molecule has 0 saturated heterocycles. The number of benzene rings is 1. The molecule has 0 aliphatic rings. The molecule has 0 spiro atoms. The number of methoxy groups -OCH3 is 1. The number of thioether (sulfide) groups is 1. The van der Waals surface area contributed by atoms with Gasteiger partial charge in [0, 0.05) is 12.2 Å². The first-order valence-electron chi connectivity index (χ1n) is 8.55. The van der Waals surface area contributed by atoms with E-state index in [4.69, 9.17) is 0 Å². The van der Waals surface area contributed by atoms with Crippen molar-refractivity contribution in [1.29, 1.82) is 5.26 Å². The number of aromatic nitrogens is 2. The molecule has 29 heavy (non-hydrogen) atoms. The minimum Gasteiger partial charge on any atom is -0.491 e. The molecular weight excluding hydrogens is 396 g/mol. The molecule has 1 aromatic heterocycles. The molecule has 1 aromatic carbocycles. The Hall–Kier alpha value is -3.18. The van der Waals surface area contributed by atoms with Crippen LogP contribution < -0.4 is 10.3 Å². The SMILES string of the molecule is C=C/C=C(\C=C/C)Cc1nc(SCc2cc(F)c(OC)c(F)c2)[nH]c(=O)c1C#N. The van der Waals surface area contributed by atoms with E-state index in [0.29, 0.717) is 11.3 Å². The van der Waals surface area contributed by atoms with E-state index in [1.54, 1.807) is 12.2 Å².